The third-order valence-corrected chi connectivity index (χ3v) is 8.75. The van der Waals surface area contributed by atoms with E-state index in [-0.39, 0.29) is 17.2 Å². The second-order valence-corrected chi connectivity index (χ2v) is 10.1. The smallest absolute Gasteiger partial charge is 0.224 e. The minimum absolute atomic E-state index is 0.0392. The maximum Gasteiger partial charge on any atom is 0.224 e. The fraction of sp³-hybridized carbons (Fsp3) is 0.696. The molecule has 0 spiro atoms. The first-order valence-electron chi connectivity index (χ1n) is 10.9. The molecule has 1 aromatic rings. The third-order valence-electron chi connectivity index (χ3n) is 8.44. The van der Waals surface area contributed by atoms with Gasteiger partial charge in [-0.1, -0.05) is 6.07 Å². The molecule has 5 rings (SSSR count). The van der Waals surface area contributed by atoms with Gasteiger partial charge in [-0.05, 0) is 98.3 Å². The number of fused-ring (bicyclic) bond motifs is 1. The number of rotatable bonds is 6. The molecule has 6 atom stereocenters. The molecule has 1 aromatic carbocycles. The first-order chi connectivity index (χ1) is 13.9. The van der Waals surface area contributed by atoms with Crippen molar-refractivity contribution in [3.05, 3.63) is 29.3 Å². The summed E-state index contributed by atoms with van der Waals surface area (Å²) >= 11 is 5.97. The van der Waals surface area contributed by atoms with Crippen molar-refractivity contribution in [1.29, 1.82) is 0 Å². The quantitative estimate of drug-likeness (QED) is 0.694. The van der Waals surface area contributed by atoms with Crippen LogP contribution in [0.5, 0.6) is 5.75 Å². The number of hydrogen-bond donors (Lipinski definition) is 2. The summed E-state index contributed by atoms with van der Waals surface area (Å²) < 4.78 is 5.49. The van der Waals surface area contributed by atoms with E-state index in [0.717, 1.165) is 50.6 Å². The van der Waals surface area contributed by atoms with Crippen molar-refractivity contribution in [2.45, 2.75) is 55.6 Å². The van der Waals surface area contributed by atoms with Crippen molar-refractivity contribution in [2.75, 3.05) is 26.7 Å². The Bertz CT molecular complexity index is 832. The van der Waals surface area contributed by atoms with Gasteiger partial charge in [-0.25, -0.2) is 0 Å². The molecular formula is C23H31ClN2O3. The summed E-state index contributed by atoms with van der Waals surface area (Å²) in [6.45, 7) is 2.74. The summed E-state index contributed by atoms with van der Waals surface area (Å²) in [4.78, 5) is 14.6. The van der Waals surface area contributed by atoms with Gasteiger partial charge >= 0.3 is 0 Å². The van der Waals surface area contributed by atoms with Crippen LogP contribution in [0.2, 0.25) is 0 Å². The van der Waals surface area contributed by atoms with Crippen LogP contribution in [0, 0.1) is 17.8 Å². The lowest BCUT2D eigenvalue weighted by Crippen LogP contribution is -2.69. The normalized spacial score (nSPS) is 40.3. The Morgan fingerprint density at radius 3 is 2.93 bits per heavy atom. The summed E-state index contributed by atoms with van der Waals surface area (Å²) in [6, 6.07) is 6.29. The van der Waals surface area contributed by atoms with Crippen LogP contribution >= 0.6 is 11.6 Å². The van der Waals surface area contributed by atoms with Crippen molar-refractivity contribution < 1.29 is 14.6 Å². The maximum atomic E-state index is 12.2. The van der Waals surface area contributed by atoms with E-state index in [4.69, 9.17) is 22.1 Å². The first kappa shape index (κ1) is 19.8. The monoisotopic (exact) mass is 418 g/mol. The zero-order chi connectivity index (χ0) is 20.4. The van der Waals surface area contributed by atoms with E-state index in [9.17, 15) is 9.90 Å². The Hall–Kier alpha value is -1.14. The van der Waals surface area contributed by atoms with Crippen LogP contribution in [0.1, 0.15) is 43.2 Å². The van der Waals surface area contributed by atoms with Gasteiger partial charge in [-0.2, -0.15) is 0 Å². The molecule has 1 heterocycles. The molecule has 158 valence electrons. The molecule has 3 aliphatic carbocycles. The molecule has 0 amide bonds. The number of likely N-dealkylation sites (tertiary alicyclic amines) is 1. The SMILES string of the molecule is COc1ccc2c(c1)[C@]13CCN(CC4CC4CCN)[C@H](C2)[C@]1(O)C[C@H](C(=O)Cl)C3. The minimum atomic E-state index is -0.919. The molecule has 29 heavy (non-hydrogen) atoms. The fourth-order valence-electron chi connectivity index (χ4n) is 6.88. The van der Waals surface area contributed by atoms with Gasteiger partial charge in [0.1, 0.15) is 5.75 Å². The maximum absolute atomic E-state index is 12.2. The summed E-state index contributed by atoms with van der Waals surface area (Å²) in [7, 11) is 1.67. The van der Waals surface area contributed by atoms with Crippen LogP contribution in [0.3, 0.4) is 0 Å². The zero-order valence-corrected chi connectivity index (χ0v) is 17.8. The Morgan fingerprint density at radius 2 is 2.21 bits per heavy atom. The van der Waals surface area contributed by atoms with E-state index in [0.29, 0.717) is 18.8 Å². The number of methoxy groups -OCH3 is 1. The highest BCUT2D eigenvalue weighted by molar-refractivity contribution is 6.64. The Balaban J connectivity index is 1.52. The van der Waals surface area contributed by atoms with Crippen LogP contribution in [0.25, 0.3) is 0 Å². The molecule has 1 saturated heterocycles. The predicted molar refractivity (Wildman–Crippen MR) is 112 cm³/mol. The highest BCUT2D eigenvalue weighted by Crippen LogP contribution is 2.62. The van der Waals surface area contributed by atoms with Crippen LogP contribution in [0.15, 0.2) is 18.2 Å². The number of piperidine rings is 1. The summed E-state index contributed by atoms with van der Waals surface area (Å²) in [5, 5.41) is 11.9. The molecule has 3 fully saturated rings. The average molecular weight is 419 g/mol. The second kappa shape index (κ2) is 6.94. The lowest BCUT2D eigenvalue weighted by molar-refractivity contribution is -0.132. The largest absolute Gasteiger partial charge is 0.497 e. The van der Waals surface area contributed by atoms with Gasteiger partial charge in [-0.15, -0.1) is 0 Å². The van der Waals surface area contributed by atoms with E-state index >= 15 is 0 Å². The van der Waals surface area contributed by atoms with Crippen molar-refractivity contribution >= 4 is 16.8 Å². The van der Waals surface area contributed by atoms with Crippen LogP contribution in [0.4, 0.5) is 0 Å². The lowest BCUT2D eigenvalue weighted by atomic mass is 9.56. The van der Waals surface area contributed by atoms with Crippen molar-refractivity contribution in [1.82, 2.24) is 4.90 Å². The minimum Gasteiger partial charge on any atom is -0.497 e. The fourth-order valence-corrected chi connectivity index (χ4v) is 7.03. The second-order valence-electron chi connectivity index (χ2n) is 9.74. The Labute approximate surface area is 177 Å². The van der Waals surface area contributed by atoms with E-state index in [2.05, 4.69) is 17.0 Å². The van der Waals surface area contributed by atoms with Gasteiger partial charge in [0.15, 0.2) is 0 Å². The lowest BCUT2D eigenvalue weighted by Gasteiger charge is -2.59. The van der Waals surface area contributed by atoms with Gasteiger partial charge in [0.05, 0.1) is 12.7 Å². The van der Waals surface area contributed by atoms with E-state index in [1.165, 1.54) is 17.5 Å². The number of nitrogens with zero attached hydrogens (tertiary/aromatic N) is 1. The number of hydrogen-bond acceptors (Lipinski definition) is 5. The molecule has 0 radical (unpaired) electrons. The van der Waals surface area contributed by atoms with Crippen LogP contribution in [-0.2, 0) is 16.6 Å². The molecule has 1 aliphatic heterocycles. The topological polar surface area (TPSA) is 75.8 Å². The number of halogens is 1. The molecule has 6 heteroatoms. The van der Waals surface area contributed by atoms with Gasteiger partial charge in [0.2, 0.25) is 5.24 Å². The van der Waals surface area contributed by atoms with E-state index in [1.54, 1.807) is 7.11 Å². The summed E-state index contributed by atoms with van der Waals surface area (Å²) in [6.07, 6.45) is 5.12. The Morgan fingerprint density at radius 1 is 1.38 bits per heavy atom. The summed E-state index contributed by atoms with van der Waals surface area (Å²) in [5.41, 5.74) is 6.87. The van der Waals surface area contributed by atoms with Crippen LogP contribution in [-0.4, -0.2) is 53.6 Å². The number of carbonyl (C=O) groups excluding carboxylic acids is 1. The van der Waals surface area contributed by atoms with Crippen LogP contribution < -0.4 is 10.5 Å². The highest BCUT2D eigenvalue weighted by atomic mass is 35.5. The average Bonchev–Trinajstić information content (AvgIpc) is 3.32. The molecule has 4 aliphatic rings. The highest BCUT2D eigenvalue weighted by Gasteiger charge is 2.68. The summed E-state index contributed by atoms with van der Waals surface area (Å²) in [5.74, 6) is 1.96. The number of benzene rings is 1. The van der Waals surface area contributed by atoms with Gasteiger partial charge in [-0.3, -0.25) is 9.69 Å². The number of carbonyl (C=O) groups is 1. The molecule has 5 nitrogen and oxygen atoms in total. The molecule has 2 unspecified atom stereocenters. The molecular weight excluding hydrogens is 388 g/mol. The standard InChI is InChI=1S/C23H31ClN2O3/c1-29-18-3-2-15-9-20-23(28)12-17(21(24)27)11-22(23,19(15)10-18)5-7-26(20)13-16-8-14(16)4-6-25/h2-3,10,14,16-17,20,28H,4-9,11-13,25H2,1H3/t14?,16?,17-,20-,22-,23-/m1/s1. The molecule has 2 bridgehead atoms. The van der Waals surface area contributed by atoms with Crippen molar-refractivity contribution in [3.63, 3.8) is 0 Å². The number of ether oxygens (including phenoxy) is 1. The van der Waals surface area contributed by atoms with Crippen molar-refractivity contribution in [3.8, 4) is 5.75 Å². The van der Waals surface area contributed by atoms with Gasteiger partial charge < -0.3 is 15.6 Å². The van der Waals surface area contributed by atoms with Gasteiger partial charge in [0, 0.05) is 23.9 Å². The zero-order valence-electron chi connectivity index (χ0n) is 17.1. The predicted octanol–water partition coefficient (Wildman–Crippen LogP) is 2.45. The number of nitrogens with two attached hydrogens (primary N) is 1. The van der Waals surface area contributed by atoms with E-state index < -0.39 is 11.0 Å². The third kappa shape index (κ3) is 2.88. The molecule has 3 N–H and O–H groups in total. The van der Waals surface area contributed by atoms with Gasteiger partial charge in [0.25, 0.3) is 0 Å². The molecule has 0 aromatic heterocycles. The Kier molecular flexibility index (Phi) is 4.74. The molecule has 2 saturated carbocycles. The number of aliphatic hydroxyl groups is 1. The van der Waals surface area contributed by atoms with Crippen molar-refractivity contribution in [2.24, 2.45) is 23.5 Å². The van der Waals surface area contributed by atoms with E-state index in [1.807, 2.05) is 6.07 Å². The first-order valence-corrected chi connectivity index (χ1v) is 11.3.